The number of aromatic nitrogens is 1. The van der Waals surface area contributed by atoms with Gasteiger partial charge in [-0.15, -0.1) is 0 Å². The van der Waals surface area contributed by atoms with Gasteiger partial charge in [0.05, 0.1) is 11.8 Å². The minimum atomic E-state index is -0.245. The fourth-order valence-electron chi connectivity index (χ4n) is 1.31. The molecular weight excluding hydrogens is 256 g/mol. The smallest absolute Gasteiger partial charge is 0.0664 e. The highest BCUT2D eigenvalue weighted by Gasteiger charge is 2.01. The quantitative estimate of drug-likeness (QED) is 0.834. The number of aliphatic hydroxyl groups is 1. The number of halogens is 1. The van der Waals surface area contributed by atoms with Gasteiger partial charge in [0, 0.05) is 23.8 Å². The number of pyridine rings is 1. The molecule has 1 aromatic heterocycles. The lowest BCUT2D eigenvalue weighted by atomic mass is 10.2. The minimum Gasteiger partial charge on any atom is -0.392 e. The first-order chi connectivity index (χ1) is 7.22. The molecule has 0 saturated carbocycles. The van der Waals surface area contributed by atoms with Crippen molar-refractivity contribution in [1.29, 1.82) is 0 Å². The number of rotatable bonds is 6. The largest absolute Gasteiger partial charge is 0.392 e. The van der Waals surface area contributed by atoms with E-state index in [4.69, 9.17) is 0 Å². The summed E-state index contributed by atoms with van der Waals surface area (Å²) in [5.74, 6) is 0. The Balaban J connectivity index is 2.22. The van der Waals surface area contributed by atoms with Crippen LogP contribution in [0, 0.1) is 0 Å². The zero-order chi connectivity index (χ0) is 11.1. The zero-order valence-corrected chi connectivity index (χ0v) is 10.5. The number of nitrogens with one attached hydrogen (secondary N) is 1. The maximum atomic E-state index is 9.48. The highest BCUT2D eigenvalue weighted by molar-refractivity contribution is 9.10. The van der Waals surface area contributed by atoms with Crippen LogP contribution in [0.5, 0.6) is 0 Å². The van der Waals surface area contributed by atoms with E-state index < -0.39 is 0 Å². The Labute approximate surface area is 99.1 Å². The van der Waals surface area contributed by atoms with E-state index in [2.05, 4.69) is 33.2 Å². The van der Waals surface area contributed by atoms with E-state index in [1.165, 1.54) is 0 Å². The van der Waals surface area contributed by atoms with E-state index in [1.807, 2.05) is 12.1 Å². The topological polar surface area (TPSA) is 45.1 Å². The van der Waals surface area contributed by atoms with Crippen LogP contribution in [0.1, 0.15) is 25.5 Å². The lowest BCUT2D eigenvalue weighted by molar-refractivity contribution is 0.160. The van der Waals surface area contributed by atoms with E-state index in [0.29, 0.717) is 13.1 Å². The summed E-state index contributed by atoms with van der Waals surface area (Å²) >= 11 is 3.33. The van der Waals surface area contributed by atoms with Gasteiger partial charge in [0.25, 0.3) is 0 Å². The fraction of sp³-hybridized carbons (Fsp3) is 0.545. The van der Waals surface area contributed by atoms with Crippen molar-refractivity contribution in [3.63, 3.8) is 0 Å². The normalized spacial score (nSPS) is 12.7. The van der Waals surface area contributed by atoms with Crippen LogP contribution in [0.3, 0.4) is 0 Å². The fourth-order valence-corrected chi connectivity index (χ4v) is 1.55. The molecule has 15 heavy (non-hydrogen) atoms. The second kappa shape index (κ2) is 6.93. The van der Waals surface area contributed by atoms with Crippen molar-refractivity contribution in [2.24, 2.45) is 0 Å². The van der Waals surface area contributed by atoms with Crippen LogP contribution in [0.15, 0.2) is 22.8 Å². The molecule has 1 atom stereocenters. The molecule has 1 rings (SSSR count). The van der Waals surface area contributed by atoms with Gasteiger partial charge in [0.1, 0.15) is 0 Å². The van der Waals surface area contributed by atoms with Crippen molar-refractivity contribution in [2.75, 3.05) is 6.54 Å². The third-order valence-electron chi connectivity index (χ3n) is 2.10. The van der Waals surface area contributed by atoms with Crippen molar-refractivity contribution in [2.45, 2.75) is 32.4 Å². The first-order valence-corrected chi connectivity index (χ1v) is 6.01. The standard InChI is InChI=1S/C11H17BrN2O/c1-2-3-11(15)8-13-7-10-5-4-9(12)6-14-10/h4-6,11,13,15H,2-3,7-8H2,1H3. The zero-order valence-electron chi connectivity index (χ0n) is 8.91. The van der Waals surface area contributed by atoms with Gasteiger partial charge in [-0.3, -0.25) is 4.98 Å². The molecule has 1 aromatic rings. The predicted molar refractivity (Wildman–Crippen MR) is 64.6 cm³/mol. The molecule has 0 bridgehead atoms. The molecule has 0 aliphatic carbocycles. The number of hydrogen-bond donors (Lipinski definition) is 2. The van der Waals surface area contributed by atoms with Crippen LogP contribution in [0.25, 0.3) is 0 Å². The average molecular weight is 273 g/mol. The Morgan fingerprint density at radius 2 is 2.33 bits per heavy atom. The number of hydrogen-bond acceptors (Lipinski definition) is 3. The van der Waals surface area contributed by atoms with Gasteiger partial charge in [-0.2, -0.15) is 0 Å². The first-order valence-electron chi connectivity index (χ1n) is 5.21. The lowest BCUT2D eigenvalue weighted by Gasteiger charge is -2.10. The summed E-state index contributed by atoms with van der Waals surface area (Å²) < 4.78 is 0.984. The van der Waals surface area contributed by atoms with E-state index in [-0.39, 0.29) is 6.10 Å². The molecule has 0 spiro atoms. The first kappa shape index (κ1) is 12.6. The molecule has 1 heterocycles. The summed E-state index contributed by atoms with van der Waals surface area (Å²) in [5.41, 5.74) is 0.988. The second-order valence-electron chi connectivity index (χ2n) is 3.54. The molecule has 0 aliphatic rings. The van der Waals surface area contributed by atoms with Crippen molar-refractivity contribution in [3.05, 3.63) is 28.5 Å². The summed E-state index contributed by atoms with van der Waals surface area (Å²) in [6.07, 6.45) is 3.39. The van der Waals surface area contributed by atoms with Crippen molar-refractivity contribution in [3.8, 4) is 0 Å². The van der Waals surface area contributed by atoms with Gasteiger partial charge in [0.2, 0.25) is 0 Å². The number of nitrogens with zero attached hydrogens (tertiary/aromatic N) is 1. The van der Waals surface area contributed by atoms with Crippen LogP contribution in [-0.4, -0.2) is 22.7 Å². The van der Waals surface area contributed by atoms with Crippen molar-refractivity contribution < 1.29 is 5.11 Å². The summed E-state index contributed by atoms with van der Waals surface area (Å²) in [5, 5.41) is 12.7. The molecule has 2 N–H and O–H groups in total. The second-order valence-corrected chi connectivity index (χ2v) is 4.46. The average Bonchev–Trinajstić information content (AvgIpc) is 2.21. The van der Waals surface area contributed by atoms with Crippen LogP contribution < -0.4 is 5.32 Å². The third-order valence-corrected chi connectivity index (χ3v) is 2.57. The maximum absolute atomic E-state index is 9.48. The molecule has 4 heteroatoms. The Hall–Kier alpha value is -0.450. The van der Waals surface area contributed by atoms with E-state index in [9.17, 15) is 5.11 Å². The van der Waals surface area contributed by atoms with Gasteiger partial charge in [-0.05, 0) is 34.5 Å². The van der Waals surface area contributed by atoms with E-state index in [0.717, 1.165) is 23.0 Å². The molecule has 0 aromatic carbocycles. The lowest BCUT2D eigenvalue weighted by Crippen LogP contribution is -2.26. The Kier molecular flexibility index (Phi) is 5.83. The van der Waals surface area contributed by atoms with Crippen LogP contribution in [-0.2, 0) is 6.54 Å². The van der Waals surface area contributed by atoms with Crippen molar-refractivity contribution in [1.82, 2.24) is 10.3 Å². The summed E-state index contributed by atoms with van der Waals surface area (Å²) in [7, 11) is 0. The Bertz CT molecular complexity index is 276. The minimum absolute atomic E-state index is 0.245. The third kappa shape index (κ3) is 5.25. The molecule has 84 valence electrons. The van der Waals surface area contributed by atoms with Gasteiger partial charge in [-0.25, -0.2) is 0 Å². The molecule has 0 radical (unpaired) electrons. The Morgan fingerprint density at radius 1 is 1.53 bits per heavy atom. The summed E-state index contributed by atoms with van der Waals surface area (Å²) in [4.78, 5) is 4.23. The molecule has 3 nitrogen and oxygen atoms in total. The van der Waals surface area contributed by atoms with Crippen LogP contribution in [0.2, 0.25) is 0 Å². The molecule has 1 unspecified atom stereocenters. The Morgan fingerprint density at radius 3 is 2.93 bits per heavy atom. The van der Waals surface area contributed by atoms with E-state index >= 15 is 0 Å². The van der Waals surface area contributed by atoms with Crippen LogP contribution >= 0.6 is 15.9 Å². The highest BCUT2D eigenvalue weighted by atomic mass is 79.9. The molecule has 0 amide bonds. The maximum Gasteiger partial charge on any atom is 0.0664 e. The van der Waals surface area contributed by atoms with Gasteiger partial charge in [-0.1, -0.05) is 13.3 Å². The van der Waals surface area contributed by atoms with Crippen LogP contribution in [0.4, 0.5) is 0 Å². The molecule has 0 aliphatic heterocycles. The predicted octanol–water partition coefficient (Wildman–Crippen LogP) is 2.09. The molecule has 0 saturated heterocycles. The summed E-state index contributed by atoms with van der Waals surface area (Å²) in [6.45, 7) is 3.40. The van der Waals surface area contributed by atoms with Gasteiger partial charge >= 0.3 is 0 Å². The number of aliphatic hydroxyl groups excluding tert-OH is 1. The SMILES string of the molecule is CCCC(O)CNCc1ccc(Br)cn1. The van der Waals surface area contributed by atoms with Crippen molar-refractivity contribution >= 4 is 15.9 Å². The van der Waals surface area contributed by atoms with Gasteiger partial charge < -0.3 is 10.4 Å². The highest BCUT2D eigenvalue weighted by Crippen LogP contribution is 2.07. The monoisotopic (exact) mass is 272 g/mol. The molecular formula is C11H17BrN2O. The van der Waals surface area contributed by atoms with E-state index in [1.54, 1.807) is 6.20 Å². The van der Waals surface area contributed by atoms with Gasteiger partial charge in [0.15, 0.2) is 0 Å². The molecule has 0 fully saturated rings. The summed E-state index contributed by atoms with van der Waals surface area (Å²) in [6, 6.07) is 3.93.